The molecule has 0 saturated carbocycles. The fourth-order valence-corrected chi connectivity index (χ4v) is 3.54. The van der Waals surface area contributed by atoms with E-state index >= 15 is 0 Å². The van der Waals surface area contributed by atoms with E-state index in [9.17, 15) is 4.79 Å². The van der Waals surface area contributed by atoms with Crippen molar-refractivity contribution in [3.63, 3.8) is 0 Å². The minimum atomic E-state index is -0.186. The van der Waals surface area contributed by atoms with E-state index < -0.39 is 0 Å². The van der Waals surface area contributed by atoms with Crippen molar-refractivity contribution in [1.29, 1.82) is 0 Å². The van der Waals surface area contributed by atoms with Crippen LogP contribution in [0.3, 0.4) is 0 Å². The molecule has 0 bridgehead atoms. The Balaban J connectivity index is 1.97. The summed E-state index contributed by atoms with van der Waals surface area (Å²) < 4.78 is 0.940. The lowest BCUT2D eigenvalue weighted by Gasteiger charge is -2.18. The molecule has 0 amide bonds. The van der Waals surface area contributed by atoms with Gasteiger partial charge in [-0.3, -0.25) is 0 Å². The van der Waals surface area contributed by atoms with Gasteiger partial charge in [0.05, 0.1) is 22.8 Å². The molecule has 3 rings (SSSR count). The summed E-state index contributed by atoms with van der Waals surface area (Å²) in [4.78, 5) is 18.2. The Morgan fingerprint density at radius 1 is 1.35 bits per heavy atom. The van der Waals surface area contributed by atoms with E-state index in [1.165, 1.54) is 4.88 Å². The summed E-state index contributed by atoms with van der Waals surface area (Å²) in [6, 6.07) is 8.34. The molecule has 0 spiro atoms. The van der Waals surface area contributed by atoms with Gasteiger partial charge in [0.1, 0.15) is 0 Å². The number of fused-ring (bicyclic) bond motifs is 1. The SMILES string of the molecule is CCC(Nc1cc2[nH]c(=O)[nH]c2cc1Br)c1cccs1. The third kappa shape index (κ3) is 2.53. The van der Waals surface area contributed by atoms with E-state index in [1.807, 2.05) is 12.1 Å². The third-order valence-electron chi connectivity index (χ3n) is 3.23. The van der Waals surface area contributed by atoms with Crippen molar-refractivity contribution in [2.75, 3.05) is 5.32 Å². The topological polar surface area (TPSA) is 60.7 Å². The number of thiophene rings is 1. The molecule has 0 aliphatic carbocycles. The number of imidazole rings is 1. The molecule has 4 nitrogen and oxygen atoms in total. The highest BCUT2D eigenvalue weighted by Crippen LogP contribution is 2.32. The van der Waals surface area contributed by atoms with Crippen LogP contribution in [-0.4, -0.2) is 9.97 Å². The van der Waals surface area contributed by atoms with Gasteiger partial charge < -0.3 is 15.3 Å². The minimum absolute atomic E-state index is 0.186. The number of H-pyrrole nitrogens is 2. The van der Waals surface area contributed by atoms with Crippen LogP contribution in [0.2, 0.25) is 0 Å². The van der Waals surface area contributed by atoms with Crippen LogP contribution < -0.4 is 11.0 Å². The average Bonchev–Trinajstić information content (AvgIpc) is 3.04. The maximum atomic E-state index is 11.3. The molecule has 2 aromatic heterocycles. The number of aromatic amines is 2. The Labute approximate surface area is 128 Å². The first kappa shape index (κ1) is 13.5. The van der Waals surface area contributed by atoms with Crippen molar-refractivity contribution in [2.24, 2.45) is 0 Å². The van der Waals surface area contributed by atoms with E-state index in [0.717, 1.165) is 27.6 Å². The summed E-state index contributed by atoms with van der Waals surface area (Å²) in [7, 11) is 0. The number of nitrogens with one attached hydrogen (secondary N) is 3. The molecule has 2 heterocycles. The zero-order valence-corrected chi connectivity index (χ0v) is 13.3. The summed E-state index contributed by atoms with van der Waals surface area (Å²) >= 11 is 5.30. The largest absolute Gasteiger partial charge is 0.376 e. The molecule has 1 atom stereocenters. The van der Waals surface area contributed by atoms with Crippen molar-refractivity contribution >= 4 is 44.0 Å². The highest BCUT2D eigenvalue weighted by atomic mass is 79.9. The molecule has 1 unspecified atom stereocenters. The van der Waals surface area contributed by atoms with Crippen LogP contribution in [0.5, 0.6) is 0 Å². The lowest BCUT2D eigenvalue weighted by atomic mass is 10.1. The summed E-state index contributed by atoms with van der Waals surface area (Å²) in [6.07, 6.45) is 0.995. The zero-order valence-electron chi connectivity index (χ0n) is 10.9. The zero-order chi connectivity index (χ0) is 14.1. The normalized spacial score (nSPS) is 12.7. The highest BCUT2D eigenvalue weighted by molar-refractivity contribution is 9.10. The van der Waals surface area contributed by atoms with Gasteiger partial charge in [-0.2, -0.15) is 0 Å². The van der Waals surface area contributed by atoms with Crippen LogP contribution in [-0.2, 0) is 0 Å². The molecule has 0 radical (unpaired) electrons. The van der Waals surface area contributed by atoms with E-state index in [2.05, 4.69) is 55.7 Å². The molecule has 104 valence electrons. The number of aromatic nitrogens is 2. The molecular formula is C14H14BrN3OS. The Morgan fingerprint density at radius 3 is 2.75 bits per heavy atom. The quantitative estimate of drug-likeness (QED) is 0.658. The predicted octanol–water partition coefficient (Wildman–Crippen LogP) is 4.24. The first-order valence-corrected chi connectivity index (χ1v) is 8.06. The van der Waals surface area contributed by atoms with Gasteiger partial charge in [0.15, 0.2) is 0 Å². The Hall–Kier alpha value is -1.53. The number of hydrogen-bond donors (Lipinski definition) is 3. The molecule has 20 heavy (non-hydrogen) atoms. The van der Waals surface area contributed by atoms with Crippen molar-refractivity contribution in [3.05, 3.63) is 49.5 Å². The molecule has 0 aliphatic rings. The first-order valence-electron chi connectivity index (χ1n) is 6.39. The van der Waals surface area contributed by atoms with Crippen LogP contribution in [0.25, 0.3) is 11.0 Å². The lowest BCUT2D eigenvalue weighted by Crippen LogP contribution is -2.08. The molecule has 0 saturated heterocycles. The second-order valence-corrected chi connectivity index (χ2v) is 6.41. The minimum Gasteiger partial charge on any atom is -0.376 e. The first-order chi connectivity index (χ1) is 9.67. The third-order valence-corrected chi connectivity index (χ3v) is 4.87. The molecule has 3 N–H and O–H groups in total. The van der Waals surface area contributed by atoms with Gasteiger partial charge in [0.2, 0.25) is 0 Å². The number of benzene rings is 1. The Bertz CT molecular complexity index is 775. The van der Waals surface area contributed by atoms with Crippen LogP contribution in [0.1, 0.15) is 24.3 Å². The number of rotatable bonds is 4. The van der Waals surface area contributed by atoms with E-state index in [1.54, 1.807) is 11.3 Å². The van der Waals surface area contributed by atoms with Gasteiger partial charge in [-0.25, -0.2) is 4.79 Å². The standard InChI is InChI=1S/C14H14BrN3OS/c1-2-9(13-4-3-5-20-13)16-10-7-12-11(6-8(10)15)17-14(19)18-12/h3-7,9,16H,2H2,1H3,(H2,17,18,19). The van der Waals surface area contributed by atoms with Crippen molar-refractivity contribution in [2.45, 2.75) is 19.4 Å². The second kappa shape index (κ2) is 5.46. The highest BCUT2D eigenvalue weighted by Gasteiger charge is 2.13. The van der Waals surface area contributed by atoms with Gasteiger partial charge in [0, 0.05) is 9.35 Å². The monoisotopic (exact) mass is 351 g/mol. The number of hydrogen-bond acceptors (Lipinski definition) is 3. The van der Waals surface area contributed by atoms with E-state index in [-0.39, 0.29) is 11.7 Å². The molecular weight excluding hydrogens is 338 g/mol. The van der Waals surface area contributed by atoms with Gasteiger partial charge in [-0.15, -0.1) is 11.3 Å². The van der Waals surface area contributed by atoms with Gasteiger partial charge in [0.25, 0.3) is 0 Å². The molecule has 6 heteroatoms. The average molecular weight is 352 g/mol. The number of halogens is 1. The van der Waals surface area contributed by atoms with Crippen LogP contribution in [0.4, 0.5) is 5.69 Å². The van der Waals surface area contributed by atoms with Crippen molar-refractivity contribution in [3.8, 4) is 0 Å². The Kier molecular flexibility index (Phi) is 3.67. The van der Waals surface area contributed by atoms with Crippen LogP contribution >= 0.6 is 27.3 Å². The van der Waals surface area contributed by atoms with E-state index in [0.29, 0.717) is 0 Å². The maximum Gasteiger partial charge on any atom is 0.323 e. The lowest BCUT2D eigenvalue weighted by molar-refractivity contribution is 0.763. The molecule has 3 aromatic rings. The summed E-state index contributed by atoms with van der Waals surface area (Å²) in [5, 5.41) is 5.61. The molecule has 1 aromatic carbocycles. The van der Waals surface area contributed by atoms with Crippen molar-refractivity contribution in [1.82, 2.24) is 9.97 Å². The van der Waals surface area contributed by atoms with Crippen LogP contribution in [0.15, 0.2) is 38.9 Å². The van der Waals surface area contributed by atoms with E-state index in [4.69, 9.17) is 0 Å². The summed E-state index contributed by atoms with van der Waals surface area (Å²) in [6.45, 7) is 2.15. The fourth-order valence-electron chi connectivity index (χ4n) is 2.22. The van der Waals surface area contributed by atoms with Gasteiger partial charge in [-0.05, 0) is 45.9 Å². The summed E-state index contributed by atoms with van der Waals surface area (Å²) in [5.41, 5.74) is 2.40. The maximum absolute atomic E-state index is 11.3. The van der Waals surface area contributed by atoms with Crippen LogP contribution in [0, 0.1) is 0 Å². The van der Waals surface area contributed by atoms with Gasteiger partial charge in [-0.1, -0.05) is 13.0 Å². The molecule has 0 fully saturated rings. The van der Waals surface area contributed by atoms with Gasteiger partial charge >= 0.3 is 5.69 Å². The number of anilines is 1. The Morgan fingerprint density at radius 2 is 2.10 bits per heavy atom. The summed E-state index contributed by atoms with van der Waals surface area (Å²) in [5.74, 6) is 0. The fraction of sp³-hybridized carbons (Fsp3) is 0.214. The molecule has 0 aliphatic heterocycles. The smallest absolute Gasteiger partial charge is 0.323 e. The van der Waals surface area contributed by atoms with Crippen molar-refractivity contribution < 1.29 is 0 Å². The predicted molar refractivity (Wildman–Crippen MR) is 87.6 cm³/mol. The second-order valence-electron chi connectivity index (χ2n) is 4.58.